The molecule has 2 atom stereocenters. The van der Waals surface area contributed by atoms with Gasteiger partial charge in [-0.2, -0.15) is 5.26 Å². The summed E-state index contributed by atoms with van der Waals surface area (Å²) in [5.74, 6) is -0.560. The number of ketones is 1. The number of hydrogen-bond acceptors (Lipinski definition) is 6. The highest BCUT2D eigenvalue weighted by atomic mass is 32.2. The van der Waals surface area contributed by atoms with Crippen LogP contribution in [0.15, 0.2) is 63.3 Å². The Bertz CT molecular complexity index is 1060. The van der Waals surface area contributed by atoms with Crippen molar-refractivity contribution in [3.63, 3.8) is 0 Å². The van der Waals surface area contributed by atoms with Gasteiger partial charge in [0.2, 0.25) is 5.91 Å². The van der Waals surface area contributed by atoms with Crippen molar-refractivity contribution in [2.75, 3.05) is 11.1 Å². The molecule has 0 bridgehead atoms. The number of thioether (sulfide) groups is 1. The maximum absolute atomic E-state index is 12.6. The molecule has 1 aliphatic carbocycles. The summed E-state index contributed by atoms with van der Waals surface area (Å²) in [7, 11) is 0. The number of aliphatic imine (C=N–C) groups is 1. The Morgan fingerprint density at radius 3 is 2.80 bits per heavy atom. The molecule has 2 aromatic rings. The van der Waals surface area contributed by atoms with Crippen LogP contribution in [0, 0.1) is 24.2 Å². The van der Waals surface area contributed by atoms with Crippen LogP contribution < -0.4 is 5.32 Å². The Hall–Kier alpha value is -3.11. The van der Waals surface area contributed by atoms with Gasteiger partial charge in [0.05, 0.1) is 29.0 Å². The van der Waals surface area contributed by atoms with E-state index in [1.807, 2.05) is 31.2 Å². The number of Topliss-reactive ketones (excluding diaryl/α,β-unsaturated/α-hetero) is 1. The molecule has 0 saturated carbocycles. The number of anilines is 1. The molecule has 0 saturated heterocycles. The van der Waals surface area contributed by atoms with Gasteiger partial charge in [-0.15, -0.1) is 0 Å². The summed E-state index contributed by atoms with van der Waals surface area (Å²) in [6.45, 7) is 1.99. The van der Waals surface area contributed by atoms with Crippen molar-refractivity contribution in [1.82, 2.24) is 0 Å². The summed E-state index contributed by atoms with van der Waals surface area (Å²) in [6, 6.07) is 13.4. The third-order valence-electron chi connectivity index (χ3n) is 5.26. The highest BCUT2D eigenvalue weighted by Crippen LogP contribution is 2.44. The lowest BCUT2D eigenvalue weighted by Gasteiger charge is -2.31. The van der Waals surface area contributed by atoms with Crippen molar-refractivity contribution in [2.24, 2.45) is 10.9 Å². The van der Waals surface area contributed by atoms with E-state index in [-0.39, 0.29) is 17.4 Å². The van der Waals surface area contributed by atoms with E-state index in [0.717, 1.165) is 23.4 Å². The number of benzene rings is 1. The quantitative estimate of drug-likeness (QED) is 0.781. The Balaban J connectivity index is 1.56. The largest absolute Gasteiger partial charge is 0.469 e. The minimum atomic E-state index is -0.658. The molecule has 1 unspecified atom stereocenters. The van der Waals surface area contributed by atoms with Crippen LogP contribution in [-0.4, -0.2) is 22.5 Å². The molecule has 1 N–H and O–H groups in total. The standard InChI is InChI=1S/C23H21N3O3S/c1-14-7-9-15(10-8-14)25-20(28)13-30-23-16(12-24)21(19-6-3-11-29-19)22-17(26-23)4-2-5-18(22)27/h3,6-11,16,21H,2,4-5,13H2,1H3,(H,25,28)/t16?,21-/m0/s1. The lowest BCUT2D eigenvalue weighted by Crippen LogP contribution is -2.31. The minimum absolute atomic E-state index is 0.0304. The second-order valence-electron chi connectivity index (χ2n) is 7.39. The van der Waals surface area contributed by atoms with E-state index in [0.29, 0.717) is 29.2 Å². The van der Waals surface area contributed by atoms with Gasteiger partial charge in [-0.05, 0) is 44.0 Å². The van der Waals surface area contributed by atoms with Crippen molar-refractivity contribution in [3.8, 4) is 6.07 Å². The van der Waals surface area contributed by atoms with Crippen LogP contribution in [0.3, 0.4) is 0 Å². The van der Waals surface area contributed by atoms with Crippen LogP contribution >= 0.6 is 11.8 Å². The maximum Gasteiger partial charge on any atom is 0.234 e. The number of hydrogen-bond donors (Lipinski definition) is 1. The van der Waals surface area contributed by atoms with Crippen LogP contribution in [0.5, 0.6) is 0 Å². The van der Waals surface area contributed by atoms with Gasteiger partial charge in [0, 0.05) is 23.4 Å². The van der Waals surface area contributed by atoms with E-state index in [2.05, 4.69) is 16.4 Å². The van der Waals surface area contributed by atoms with Gasteiger partial charge >= 0.3 is 0 Å². The van der Waals surface area contributed by atoms with Gasteiger partial charge in [-0.3, -0.25) is 9.59 Å². The molecule has 1 aromatic heterocycles. The fourth-order valence-electron chi connectivity index (χ4n) is 3.83. The SMILES string of the molecule is Cc1ccc(NC(=O)CSC2=NC3=C(C(=O)CCC3)[C@H](c3ccco3)C2C#N)cc1. The van der Waals surface area contributed by atoms with Gasteiger partial charge in [-0.25, -0.2) is 4.99 Å². The molecule has 7 heteroatoms. The van der Waals surface area contributed by atoms with E-state index in [1.54, 1.807) is 18.4 Å². The van der Waals surface area contributed by atoms with Crippen LogP contribution in [-0.2, 0) is 9.59 Å². The zero-order valence-corrected chi connectivity index (χ0v) is 17.4. The lowest BCUT2D eigenvalue weighted by atomic mass is 9.76. The summed E-state index contributed by atoms with van der Waals surface area (Å²) in [4.78, 5) is 29.7. The zero-order valence-electron chi connectivity index (χ0n) is 16.6. The fourth-order valence-corrected chi connectivity index (χ4v) is 4.72. The highest BCUT2D eigenvalue weighted by molar-refractivity contribution is 8.14. The molecular weight excluding hydrogens is 398 g/mol. The number of nitriles is 1. The van der Waals surface area contributed by atoms with Crippen molar-refractivity contribution >= 4 is 34.2 Å². The van der Waals surface area contributed by atoms with Crippen molar-refractivity contribution < 1.29 is 14.0 Å². The minimum Gasteiger partial charge on any atom is -0.469 e. The number of nitrogens with zero attached hydrogens (tertiary/aromatic N) is 2. The molecular formula is C23H21N3O3S. The molecule has 4 rings (SSSR count). The van der Waals surface area contributed by atoms with E-state index in [9.17, 15) is 14.9 Å². The van der Waals surface area contributed by atoms with Crippen molar-refractivity contribution in [2.45, 2.75) is 32.1 Å². The smallest absolute Gasteiger partial charge is 0.234 e. The summed E-state index contributed by atoms with van der Waals surface area (Å²) in [6.07, 6.45) is 3.45. The highest BCUT2D eigenvalue weighted by Gasteiger charge is 2.42. The predicted molar refractivity (Wildman–Crippen MR) is 116 cm³/mol. The zero-order chi connectivity index (χ0) is 21.1. The number of allylic oxidation sites excluding steroid dienone is 2. The topological polar surface area (TPSA) is 95.5 Å². The molecule has 6 nitrogen and oxygen atoms in total. The van der Waals surface area contributed by atoms with E-state index in [4.69, 9.17) is 4.42 Å². The second-order valence-corrected chi connectivity index (χ2v) is 8.39. The summed E-state index contributed by atoms with van der Waals surface area (Å²) in [5, 5.41) is 13.3. The van der Waals surface area contributed by atoms with Crippen LogP contribution in [0.4, 0.5) is 5.69 Å². The molecule has 1 aromatic carbocycles. The third-order valence-corrected chi connectivity index (χ3v) is 6.31. The Kier molecular flexibility index (Phi) is 5.86. The van der Waals surface area contributed by atoms with Gasteiger partial charge < -0.3 is 9.73 Å². The molecule has 152 valence electrons. The van der Waals surface area contributed by atoms with Crippen molar-refractivity contribution in [3.05, 3.63) is 65.3 Å². The van der Waals surface area contributed by atoms with Crippen LogP contribution in [0.2, 0.25) is 0 Å². The predicted octanol–water partition coefficient (Wildman–Crippen LogP) is 4.60. The van der Waals surface area contributed by atoms with Gasteiger partial charge in [-0.1, -0.05) is 29.5 Å². The number of amides is 1. The number of rotatable bonds is 4. The summed E-state index contributed by atoms with van der Waals surface area (Å²) < 4.78 is 5.58. The first-order valence-corrected chi connectivity index (χ1v) is 10.8. The number of carbonyl (C=O) groups is 2. The average Bonchev–Trinajstić information content (AvgIpc) is 3.27. The van der Waals surface area contributed by atoms with E-state index < -0.39 is 11.8 Å². The first-order chi connectivity index (χ1) is 14.6. The Morgan fingerprint density at radius 2 is 2.10 bits per heavy atom. The molecule has 30 heavy (non-hydrogen) atoms. The first-order valence-electron chi connectivity index (χ1n) is 9.84. The van der Waals surface area contributed by atoms with Gasteiger partial charge in [0.15, 0.2) is 5.78 Å². The Labute approximate surface area is 179 Å². The maximum atomic E-state index is 12.6. The third kappa shape index (κ3) is 4.10. The summed E-state index contributed by atoms with van der Waals surface area (Å²) >= 11 is 1.25. The van der Waals surface area contributed by atoms with E-state index in [1.165, 1.54) is 11.8 Å². The normalized spacial score (nSPS) is 20.9. The molecule has 0 fully saturated rings. The number of nitrogens with one attached hydrogen (secondary N) is 1. The molecule has 1 amide bonds. The van der Waals surface area contributed by atoms with Crippen LogP contribution in [0.25, 0.3) is 0 Å². The number of furan rings is 1. The lowest BCUT2D eigenvalue weighted by molar-refractivity contribution is -0.116. The monoisotopic (exact) mass is 419 g/mol. The number of carbonyl (C=O) groups excluding carboxylic acids is 2. The molecule has 0 spiro atoms. The second kappa shape index (κ2) is 8.72. The average molecular weight is 420 g/mol. The molecule has 2 heterocycles. The number of aryl methyl sites for hydroxylation is 1. The molecule has 1 aliphatic heterocycles. The van der Waals surface area contributed by atoms with Gasteiger partial charge in [0.1, 0.15) is 11.7 Å². The van der Waals surface area contributed by atoms with Gasteiger partial charge in [0.25, 0.3) is 0 Å². The Morgan fingerprint density at radius 1 is 1.30 bits per heavy atom. The fraction of sp³-hybridized carbons (Fsp3) is 0.304. The molecule has 2 aliphatic rings. The summed E-state index contributed by atoms with van der Waals surface area (Å²) in [5.41, 5.74) is 3.16. The molecule has 0 radical (unpaired) electrons. The van der Waals surface area contributed by atoms with Crippen LogP contribution in [0.1, 0.15) is 36.5 Å². The van der Waals surface area contributed by atoms with Crippen molar-refractivity contribution in [1.29, 1.82) is 5.26 Å². The van der Waals surface area contributed by atoms with E-state index >= 15 is 0 Å². The first kappa shape index (κ1) is 20.2.